The zero-order valence-corrected chi connectivity index (χ0v) is 14.9. The van der Waals surface area contributed by atoms with E-state index in [9.17, 15) is 22.7 Å². The van der Waals surface area contributed by atoms with Crippen LogP contribution in [0.4, 0.5) is 10.3 Å². The summed E-state index contributed by atoms with van der Waals surface area (Å²) >= 11 is 0. The van der Waals surface area contributed by atoms with Gasteiger partial charge in [-0.1, -0.05) is 5.16 Å². The number of nitrogens with one attached hydrogen (secondary N) is 1. The van der Waals surface area contributed by atoms with Crippen molar-refractivity contribution in [1.29, 1.82) is 0 Å². The minimum absolute atomic E-state index is 0.0470. The van der Waals surface area contributed by atoms with Gasteiger partial charge in [0.1, 0.15) is 17.5 Å². The summed E-state index contributed by atoms with van der Waals surface area (Å²) in [5.41, 5.74) is -1.07. The van der Waals surface area contributed by atoms with E-state index in [1.807, 2.05) is 0 Å². The lowest BCUT2D eigenvalue weighted by Crippen LogP contribution is -2.51. The van der Waals surface area contributed by atoms with E-state index in [-0.39, 0.29) is 31.1 Å². The number of hydrogen-bond acceptors (Lipinski definition) is 6. The van der Waals surface area contributed by atoms with Crippen LogP contribution in [0.25, 0.3) is 0 Å². The van der Waals surface area contributed by atoms with Gasteiger partial charge < -0.3 is 9.63 Å². The Balaban J connectivity index is 2.17. The molecular formula is C14H22FN3O5S. The number of halogens is 1. The van der Waals surface area contributed by atoms with Crippen molar-refractivity contribution in [2.45, 2.75) is 50.6 Å². The van der Waals surface area contributed by atoms with Gasteiger partial charge in [0.15, 0.2) is 4.75 Å². The summed E-state index contributed by atoms with van der Waals surface area (Å²) in [6, 6.07) is 1.31. The van der Waals surface area contributed by atoms with Crippen molar-refractivity contribution in [2.75, 3.05) is 18.4 Å². The standard InChI is InChI=1S/C14H22FN3O5S/c1-13(2,20)10-7-11(23-17-10)16-12(19)14(3,4)24(21,22)18-6-5-9(15)8-18/h7,9,20H,5-6,8H2,1-4H3,(H,16,19)/t9-/m1/s1. The van der Waals surface area contributed by atoms with E-state index in [2.05, 4.69) is 10.5 Å². The Hall–Kier alpha value is -1.52. The Kier molecular flexibility index (Phi) is 4.77. The third-order valence-corrected chi connectivity index (χ3v) is 6.49. The van der Waals surface area contributed by atoms with Gasteiger partial charge in [-0.05, 0) is 34.1 Å². The van der Waals surface area contributed by atoms with Gasteiger partial charge in [0.2, 0.25) is 21.8 Å². The molecule has 1 saturated heterocycles. The first-order valence-electron chi connectivity index (χ1n) is 7.50. The molecule has 0 unspecified atom stereocenters. The zero-order chi connectivity index (χ0) is 18.3. The smallest absolute Gasteiger partial charge is 0.249 e. The van der Waals surface area contributed by atoms with E-state index in [0.717, 1.165) is 4.31 Å². The van der Waals surface area contributed by atoms with Crippen LogP contribution in [-0.4, -0.2) is 52.9 Å². The Morgan fingerprint density at radius 1 is 1.46 bits per heavy atom. The number of aliphatic hydroxyl groups is 1. The van der Waals surface area contributed by atoms with Crippen LogP contribution in [0.5, 0.6) is 0 Å². The second-order valence-electron chi connectivity index (χ2n) is 6.85. The number of hydrogen-bond donors (Lipinski definition) is 2. The number of rotatable bonds is 5. The lowest BCUT2D eigenvalue weighted by molar-refractivity contribution is -0.118. The largest absolute Gasteiger partial charge is 0.384 e. The molecule has 1 aromatic rings. The van der Waals surface area contributed by atoms with Crippen LogP contribution in [0.2, 0.25) is 0 Å². The molecular weight excluding hydrogens is 341 g/mol. The predicted molar refractivity (Wildman–Crippen MR) is 84.5 cm³/mol. The van der Waals surface area contributed by atoms with Gasteiger partial charge in [-0.3, -0.25) is 10.1 Å². The molecule has 1 aromatic heterocycles. The molecule has 136 valence electrons. The normalized spacial score (nSPS) is 20.3. The van der Waals surface area contributed by atoms with Crippen LogP contribution in [-0.2, 0) is 20.4 Å². The summed E-state index contributed by atoms with van der Waals surface area (Å²) in [6.45, 7) is 5.28. The van der Waals surface area contributed by atoms with Crippen LogP contribution >= 0.6 is 0 Å². The molecule has 1 aliphatic heterocycles. The van der Waals surface area contributed by atoms with E-state index in [4.69, 9.17) is 4.52 Å². The van der Waals surface area contributed by atoms with E-state index in [1.165, 1.54) is 33.8 Å². The van der Waals surface area contributed by atoms with Gasteiger partial charge in [0.05, 0.1) is 0 Å². The molecule has 24 heavy (non-hydrogen) atoms. The fraction of sp³-hybridized carbons (Fsp3) is 0.714. The zero-order valence-electron chi connectivity index (χ0n) is 14.0. The van der Waals surface area contributed by atoms with Gasteiger partial charge in [-0.15, -0.1) is 0 Å². The molecule has 8 nitrogen and oxygen atoms in total. The predicted octanol–water partition coefficient (Wildman–Crippen LogP) is 0.993. The number of amides is 1. The number of carbonyl (C=O) groups excluding carboxylic acids is 1. The highest BCUT2D eigenvalue weighted by atomic mass is 32.2. The van der Waals surface area contributed by atoms with Crippen LogP contribution in [0.1, 0.15) is 39.8 Å². The van der Waals surface area contributed by atoms with Crippen LogP contribution in [0, 0.1) is 0 Å². The molecule has 10 heteroatoms. The average Bonchev–Trinajstić information content (AvgIpc) is 3.07. The highest BCUT2D eigenvalue weighted by Gasteiger charge is 2.47. The van der Waals surface area contributed by atoms with Gasteiger partial charge in [-0.2, -0.15) is 4.31 Å². The first-order valence-corrected chi connectivity index (χ1v) is 8.94. The molecule has 1 aliphatic rings. The second-order valence-corrected chi connectivity index (χ2v) is 9.34. The topological polar surface area (TPSA) is 113 Å². The number of carbonyl (C=O) groups is 1. The number of aromatic nitrogens is 1. The van der Waals surface area contributed by atoms with Crippen molar-refractivity contribution < 1.29 is 27.2 Å². The number of nitrogens with zero attached hydrogens (tertiary/aromatic N) is 2. The van der Waals surface area contributed by atoms with Gasteiger partial charge in [0, 0.05) is 19.2 Å². The number of anilines is 1. The van der Waals surface area contributed by atoms with Crippen LogP contribution in [0.3, 0.4) is 0 Å². The minimum Gasteiger partial charge on any atom is -0.384 e. The number of sulfonamides is 1. The highest BCUT2D eigenvalue weighted by molar-refractivity contribution is 7.91. The second kappa shape index (κ2) is 6.08. The van der Waals surface area contributed by atoms with Crippen molar-refractivity contribution in [3.63, 3.8) is 0 Å². The maximum atomic E-state index is 13.3. The molecule has 0 radical (unpaired) electrons. The summed E-state index contributed by atoms with van der Waals surface area (Å²) in [5, 5.41) is 15.8. The highest BCUT2D eigenvalue weighted by Crippen LogP contribution is 2.28. The summed E-state index contributed by atoms with van der Waals surface area (Å²) in [7, 11) is -4.04. The Morgan fingerprint density at radius 2 is 2.08 bits per heavy atom. The minimum atomic E-state index is -4.04. The summed E-state index contributed by atoms with van der Waals surface area (Å²) in [5.74, 6) is -0.909. The molecule has 2 heterocycles. The van der Waals surface area contributed by atoms with Crippen LogP contribution < -0.4 is 5.32 Å². The third-order valence-electron chi connectivity index (χ3n) is 4.00. The summed E-state index contributed by atoms with van der Waals surface area (Å²) < 4.78 is 42.6. The van der Waals surface area contributed by atoms with Crippen molar-refractivity contribution in [1.82, 2.24) is 9.46 Å². The first kappa shape index (κ1) is 18.8. The fourth-order valence-corrected chi connectivity index (χ4v) is 3.87. The maximum Gasteiger partial charge on any atom is 0.249 e. The Labute approximate surface area is 140 Å². The van der Waals surface area contributed by atoms with Crippen LogP contribution in [0.15, 0.2) is 10.6 Å². The third kappa shape index (κ3) is 3.45. The summed E-state index contributed by atoms with van der Waals surface area (Å²) in [4.78, 5) is 12.4. The lowest BCUT2D eigenvalue weighted by Gasteiger charge is -2.28. The van der Waals surface area contributed by atoms with E-state index in [1.54, 1.807) is 0 Å². The maximum absolute atomic E-state index is 13.3. The van der Waals surface area contributed by atoms with Crippen molar-refractivity contribution >= 4 is 21.8 Å². The average molecular weight is 363 g/mol. The van der Waals surface area contributed by atoms with Gasteiger partial charge in [-0.25, -0.2) is 12.8 Å². The fourth-order valence-electron chi connectivity index (χ4n) is 2.23. The van der Waals surface area contributed by atoms with Crippen molar-refractivity contribution in [2.24, 2.45) is 0 Å². The monoisotopic (exact) mass is 363 g/mol. The molecule has 0 bridgehead atoms. The van der Waals surface area contributed by atoms with Crippen molar-refractivity contribution in [3.8, 4) is 0 Å². The van der Waals surface area contributed by atoms with Gasteiger partial charge in [0.25, 0.3) is 0 Å². The molecule has 0 aliphatic carbocycles. The number of alkyl halides is 1. The molecule has 2 N–H and O–H groups in total. The van der Waals surface area contributed by atoms with E-state index in [0.29, 0.717) is 0 Å². The van der Waals surface area contributed by atoms with Gasteiger partial charge >= 0.3 is 0 Å². The Bertz CT molecular complexity index is 723. The molecule has 0 aromatic carbocycles. The van der Waals surface area contributed by atoms with E-state index < -0.39 is 32.5 Å². The Morgan fingerprint density at radius 3 is 2.54 bits per heavy atom. The molecule has 2 rings (SSSR count). The summed E-state index contributed by atoms with van der Waals surface area (Å²) in [6.07, 6.45) is -1.10. The lowest BCUT2D eigenvalue weighted by atomic mass is 10.1. The van der Waals surface area contributed by atoms with E-state index >= 15 is 0 Å². The first-order chi connectivity index (χ1) is 10.9. The SMILES string of the molecule is CC(C)(O)c1cc(NC(=O)C(C)(C)S(=O)(=O)N2CC[C@@H](F)C2)on1. The molecule has 1 atom stereocenters. The molecule has 1 fully saturated rings. The van der Waals surface area contributed by atoms with Crippen molar-refractivity contribution in [3.05, 3.63) is 11.8 Å². The quantitative estimate of drug-likeness (QED) is 0.807. The molecule has 1 amide bonds. The molecule has 0 spiro atoms. The molecule has 0 saturated carbocycles.